The first-order chi connectivity index (χ1) is 11.0. The molecule has 8 nitrogen and oxygen atoms in total. The lowest BCUT2D eigenvalue weighted by molar-refractivity contribution is -0.394. The summed E-state index contributed by atoms with van der Waals surface area (Å²) in [6, 6.07) is 3.00. The Bertz CT molecular complexity index is 733. The maximum Gasteiger partial charge on any atom is 0.345 e. The Morgan fingerprint density at radius 2 is 1.78 bits per heavy atom. The number of carbonyl (C=O) groups excluding carboxylic acids is 1. The summed E-state index contributed by atoms with van der Waals surface area (Å²) in [5, 5.41) is 21.9. The summed E-state index contributed by atoms with van der Waals surface area (Å²) >= 11 is 0. The minimum absolute atomic E-state index is 0.152. The number of fused-ring (bicyclic) bond motifs is 3. The van der Waals surface area contributed by atoms with Crippen LogP contribution in [0, 0.1) is 43.9 Å². The molecular weight excluding hydrogens is 304 g/mol. The molecule has 3 aliphatic rings. The van der Waals surface area contributed by atoms with Gasteiger partial charge in [0.25, 0.3) is 11.4 Å². The Morgan fingerprint density at radius 1 is 1.04 bits per heavy atom. The van der Waals surface area contributed by atoms with Gasteiger partial charge in [0.1, 0.15) is 11.7 Å². The van der Waals surface area contributed by atoms with E-state index >= 15 is 0 Å². The van der Waals surface area contributed by atoms with Gasteiger partial charge < -0.3 is 4.74 Å². The van der Waals surface area contributed by atoms with E-state index in [1.165, 1.54) is 6.42 Å². The van der Waals surface area contributed by atoms with Crippen LogP contribution in [-0.2, 0) is 4.74 Å². The molecule has 0 amide bonds. The van der Waals surface area contributed by atoms with Gasteiger partial charge in [0.05, 0.1) is 15.9 Å². The van der Waals surface area contributed by atoms with Crippen molar-refractivity contribution in [2.75, 3.05) is 0 Å². The second-order valence-electron chi connectivity index (χ2n) is 6.55. The number of benzene rings is 1. The van der Waals surface area contributed by atoms with Crippen molar-refractivity contribution in [1.29, 1.82) is 0 Å². The molecular formula is C15H14N2O6. The predicted octanol–water partition coefficient (Wildman–Crippen LogP) is 2.70. The van der Waals surface area contributed by atoms with E-state index in [1.807, 2.05) is 0 Å². The molecule has 0 radical (unpaired) electrons. The van der Waals surface area contributed by atoms with Crippen molar-refractivity contribution < 1.29 is 19.4 Å². The average molecular weight is 318 g/mol. The summed E-state index contributed by atoms with van der Waals surface area (Å²) in [6.07, 6.45) is 3.14. The van der Waals surface area contributed by atoms with Crippen LogP contribution in [-0.4, -0.2) is 21.9 Å². The van der Waals surface area contributed by atoms with E-state index in [0.29, 0.717) is 23.7 Å². The van der Waals surface area contributed by atoms with Crippen LogP contribution in [0.3, 0.4) is 0 Å². The molecule has 5 atom stereocenters. The first-order valence-electron chi connectivity index (χ1n) is 7.61. The smallest absolute Gasteiger partial charge is 0.345 e. The van der Waals surface area contributed by atoms with E-state index < -0.39 is 27.2 Å². The monoisotopic (exact) mass is 318 g/mol. The number of esters is 1. The molecule has 0 heterocycles. The minimum atomic E-state index is -0.787. The van der Waals surface area contributed by atoms with Gasteiger partial charge in [0.2, 0.25) is 0 Å². The molecule has 0 aliphatic heterocycles. The fourth-order valence-corrected chi connectivity index (χ4v) is 4.23. The molecule has 3 fully saturated rings. The largest absolute Gasteiger partial charge is 0.458 e. The van der Waals surface area contributed by atoms with E-state index in [9.17, 15) is 25.0 Å². The van der Waals surface area contributed by atoms with Crippen LogP contribution < -0.4 is 0 Å². The highest BCUT2D eigenvalue weighted by molar-refractivity contribution is 5.94. The van der Waals surface area contributed by atoms with Gasteiger partial charge in [0.15, 0.2) is 0 Å². The highest BCUT2D eigenvalue weighted by Gasteiger charge is 2.64. The van der Waals surface area contributed by atoms with E-state index in [0.717, 1.165) is 31.0 Å². The van der Waals surface area contributed by atoms with Crippen LogP contribution in [0.2, 0.25) is 0 Å². The van der Waals surface area contributed by atoms with Gasteiger partial charge in [-0.3, -0.25) is 20.2 Å². The lowest BCUT2D eigenvalue weighted by Crippen LogP contribution is -2.35. The Labute approximate surface area is 130 Å². The predicted molar refractivity (Wildman–Crippen MR) is 76.8 cm³/mol. The van der Waals surface area contributed by atoms with Crippen molar-refractivity contribution in [3.63, 3.8) is 0 Å². The van der Waals surface area contributed by atoms with Crippen molar-refractivity contribution in [3.05, 3.63) is 44.0 Å². The first-order valence-corrected chi connectivity index (χ1v) is 7.61. The summed E-state index contributed by atoms with van der Waals surface area (Å²) in [7, 11) is 0. The van der Waals surface area contributed by atoms with Crippen LogP contribution in [0.25, 0.3) is 0 Å². The van der Waals surface area contributed by atoms with Gasteiger partial charge in [0, 0.05) is 6.07 Å². The second kappa shape index (κ2) is 4.74. The van der Waals surface area contributed by atoms with E-state index in [1.54, 1.807) is 0 Å². The van der Waals surface area contributed by atoms with Gasteiger partial charge in [-0.15, -0.1) is 0 Å². The van der Waals surface area contributed by atoms with Gasteiger partial charge in [-0.05, 0) is 49.0 Å². The lowest BCUT2D eigenvalue weighted by Gasteiger charge is -2.36. The Hall–Kier alpha value is -2.51. The first kappa shape index (κ1) is 14.1. The number of hydrogen-bond donors (Lipinski definition) is 0. The molecule has 120 valence electrons. The van der Waals surface area contributed by atoms with E-state index in [2.05, 4.69) is 0 Å². The summed E-state index contributed by atoms with van der Waals surface area (Å²) < 4.78 is 5.56. The molecule has 0 spiro atoms. The minimum Gasteiger partial charge on any atom is -0.458 e. The number of non-ortho nitro benzene ring substituents is 1. The van der Waals surface area contributed by atoms with Crippen molar-refractivity contribution in [3.8, 4) is 0 Å². The quantitative estimate of drug-likeness (QED) is 0.479. The van der Waals surface area contributed by atoms with E-state index in [-0.39, 0.29) is 11.7 Å². The second-order valence-corrected chi connectivity index (χ2v) is 6.55. The lowest BCUT2D eigenvalue weighted by atomic mass is 9.72. The molecule has 0 aromatic heterocycles. The molecule has 0 unspecified atom stereocenters. The Kier molecular flexibility index (Phi) is 2.91. The van der Waals surface area contributed by atoms with Gasteiger partial charge in [-0.2, -0.15) is 0 Å². The molecule has 3 saturated carbocycles. The third kappa shape index (κ3) is 2.08. The van der Waals surface area contributed by atoms with Crippen LogP contribution in [0.5, 0.6) is 0 Å². The molecule has 0 N–H and O–H groups in total. The number of ether oxygens (including phenoxy) is 1. The summed E-state index contributed by atoms with van der Waals surface area (Å²) in [5.41, 5.74) is -1.23. The highest BCUT2D eigenvalue weighted by Crippen LogP contribution is 2.66. The third-order valence-electron chi connectivity index (χ3n) is 5.52. The standard InChI is InChI=1S/C15H14N2O6/c18-15(23-14-9-4-3-8(9)11-6-12(11)14)10-2-1-7(16(19)20)5-13(10)17(21)22/h1-2,5,8-9,11-12,14H,3-4,6H2/t8-,9-,11+,12-,14-/m0/s1. The molecule has 0 bridgehead atoms. The fraction of sp³-hybridized carbons (Fsp3) is 0.533. The number of rotatable bonds is 4. The SMILES string of the molecule is O=C(O[C@H]1[C@H]2CC[C@@H]2[C@H]2C[C@@H]21)c1ccc([N+](=O)[O-])cc1[N+](=O)[O-]. The Morgan fingerprint density at radius 3 is 2.35 bits per heavy atom. The van der Waals surface area contributed by atoms with Crippen molar-refractivity contribution in [1.82, 2.24) is 0 Å². The summed E-state index contributed by atoms with van der Waals surface area (Å²) in [6.45, 7) is 0. The van der Waals surface area contributed by atoms with Crippen LogP contribution in [0.1, 0.15) is 29.6 Å². The third-order valence-corrected chi connectivity index (χ3v) is 5.52. The average Bonchev–Trinajstić information content (AvgIpc) is 3.20. The number of hydrogen-bond acceptors (Lipinski definition) is 6. The maximum atomic E-state index is 12.4. The van der Waals surface area contributed by atoms with Crippen LogP contribution >= 0.6 is 0 Å². The van der Waals surface area contributed by atoms with Crippen molar-refractivity contribution in [2.24, 2.45) is 23.7 Å². The zero-order valence-electron chi connectivity index (χ0n) is 12.1. The number of nitro groups is 2. The summed E-state index contributed by atoms with van der Waals surface area (Å²) in [4.78, 5) is 32.7. The Balaban J connectivity index is 1.58. The number of nitro benzene ring substituents is 2. The molecule has 8 heteroatoms. The van der Waals surface area contributed by atoms with Gasteiger partial charge in [-0.1, -0.05) is 0 Å². The van der Waals surface area contributed by atoms with Crippen molar-refractivity contribution in [2.45, 2.75) is 25.4 Å². The van der Waals surface area contributed by atoms with Gasteiger partial charge in [-0.25, -0.2) is 4.79 Å². The molecule has 1 aromatic carbocycles. The van der Waals surface area contributed by atoms with Crippen LogP contribution in [0.4, 0.5) is 11.4 Å². The van der Waals surface area contributed by atoms with E-state index in [4.69, 9.17) is 4.74 Å². The summed E-state index contributed by atoms with van der Waals surface area (Å²) in [5.74, 6) is 1.33. The molecule has 4 rings (SSSR count). The fourth-order valence-electron chi connectivity index (χ4n) is 4.23. The number of nitrogens with zero attached hydrogens (tertiary/aromatic N) is 2. The number of carbonyl (C=O) groups is 1. The topological polar surface area (TPSA) is 113 Å². The molecule has 0 saturated heterocycles. The highest BCUT2D eigenvalue weighted by atomic mass is 16.6. The zero-order chi connectivity index (χ0) is 16.3. The normalized spacial score (nSPS) is 33.1. The van der Waals surface area contributed by atoms with Crippen LogP contribution in [0.15, 0.2) is 18.2 Å². The molecule has 23 heavy (non-hydrogen) atoms. The maximum absolute atomic E-state index is 12.4. The molecule has 1 aromatic rings. The zero-order valence-corrected chi connectivity index (χ0v) is 12.1. The van der Waals surface area contributed by atoms with Crippen molar-refractivity contribution >= 4 is 17.3 Å². The van der Waals surface area contributed by atoms with Gasteiger partial charge >= 0.3 is 5.97 Å². The molecule has 3 aliphatic carbocycles.